The number of nitrogens with zero attached hydrogens (tertiary/aromatic N) is 1. The van der Waals surface area contributed by atoms with Crippen LogP contribution in [0.1, 0.15) is 49.7 Å². The summed E-state index contributed by atoms with van der Waals surface area (Å²) in [6.07, 6.45) is 4.87. The summed E-state index contributed by atoms with van der Waals surface area (Å²) in [5.41, 5.74) is 1.92. The number of hydrogen-bond acceptors (Lipinski definition) is 4. The Hall–Kier alpha value is -1.02. The fourth-order valence-electron chi connectivity index (χ4n) is 4.35. The zero-order chi connectivity index (χ0) is 19.1. The Labute approximate surface area is 161 Å². The summed E-state index contributed by atoms with van der Waals surface area (Å²) in [5, 5.41) is -0.173. The van der Waals surface area contributed by atoms with Crippen LogP contribution in [0.3, 0.4) is 0 Å². The number of nitrogens with one attached hydrogen (secondary N) is 1. The van der Waals surface area contributed by atoms with Gasteiger partial charge in [0.05, 0.1) is 10.9 Å². The van der Waals surface area contributed by atoms with Crippen LogP contribution in [0.25, 0.3) is 0 Å². The largest absolute Gasteiger partial charge is 0.375 e. The van der Waals surface area contributed by atoms with Crippen LogP contribution in [0.4, 0.5) is 4.39 Å². The highest BCUT2D eigenvalue weighted by atomic mass is 32.2. The third-order valence-electron chi connectivity index (χ3n) is 6.26. The summed E-state index contributed by atoms with van der Waals surface area (Å²) >= 11 is 0. The Kier molecular flexibility index (Phi) is 5.31. The minimum absolute atomic E-state index is 0.0126. The van der Waals surface area contributed by atoms with E-state index in [0.717, 1.165) is 69.3 Å². The highest BCUT2D eigenvalue weighted by molar-refractivity contribution is 7.90. The number of likely N-dealkylation sites (tertiary alicyclic amines) is 1. The lowest BCUT2D eigenvalue weighted by molar-refractivity contribution is -0.118. The molecule has 1 N–H and O–H groups in total. The number of ether oxygens (including phenoxy) is 1. The normalized spacial score (nSPS) is 26.4. The van der Waals surface area contributed by atoms with Gasteiger partial charge in [-0.3, -0.25) is 4.90 Å². The van der Waals surface area contributed by atoms with Gasteiger partial charge in [0.25, 0.3) is 0 Å². The van der Waals surface area contributed by atoms with E-state index in [2.05, 4.69) is 9.62 Å². The second-order valence-corrected chi connectivity index (χ2v) is 10.4. The van der Waals surface area contributed by atoms with E-state index in [1.165, 1.54) is 6.07 Å². The summed E-state index contributed by atoms with van der Waals surface area (Å²) in [6, 6.07) is 4.94. The van der Waals surface area contributed by atoms with E-state index < -0.39 is 10.0 Å². The Morgan fingerprint density at radius 3 is 2.70 bits per heavy atom. The van der Waals surface area contributed by atoms with Gasteiger partial charge in [0.2, 0.25) is 10.0 Å². The Morgan fingerprint density at radius 1 is 1.26 bits per heavy atom. The van der Waals surface area contributed by atoms with E-state index in [9.17, 15) is 12.8 Å². The van der Waals surface area contributed by atoms with Gasteiger partial charge < -0.3 is 4.74 Å². The van der Waals surface area contributed by atoms with Crippen molar-refractivity contribution in [3.05, 3.63) is 35.1 Å². The van der Waals surface area contributed by atoms with Crippen LogP contribution in [-0.4, -0.2) is 49.9 Å². The SMILES string of the molecule is Cc1ccc(F)cc1CN1CCC2(CC1)C[C@@H](NS(=O)(=O)C1CC1)CCO2. The van der Waals surface area contributed by atoms with Gasteiger partial charge in [-0.2, -0.15) is 0 Å². The van der Waals surface area contributed by atoms with Crippen LogP contribution in [0.2, 0.25) is 0 Å². The van der Waals surface area contributed by atoms with Crippen molar-refractivity contribution in [2.24, 2.45) is 0 Å². The molecule has 7 heteroatoms. The number of hydrogen-bond donors (Lipinski definition) is 1. The molecule has 0 radical (unpaired) electrons. The number of halogens is 1. The van der Waals surface area contributed by atoms with Gasteiger partial charge in [-0.1, -0.05) is 6.07 Å². The average Bonchev–Trinajstić information content (AvgIpc) is 3.46. The van der Waals surface area contributed by atoms with Crippen molar-refractivity contribution >= 4 is 10.0 Å². The van der Waals surface area contributed by atoms with Gasteiger partial charge in [-0.05, 0) is 68.7 Å². The molecule has 150 valence electrons. The molecule has 3 aliphatic rings. The molecule has 1 saturated carbocycles. The molecular formula is C20H29FN2O3S. The van der Waals surface area contributed by atoms with Crippen LogP contribution in [0, 0.1) is 12.7 Å². The molecule has 0 bridgehead atoms. The van der Waals surface area contributed by atoms with Crippen molar-refractivity contribution in [3.63, 3.8) is 0 Å². The van der Waals surface area contributed by atoms with Gasteiger partial charge >= 0.3 is 0 Å². The predicted molar refractivity (Wildman–Crippen MR) is 102 cm³/mol. The topological polar surface area (TPSA) is 58.6 Å². The van der Waals surface area contributed by atoms with Gasteiger partial charge in [-0.15, -0.1) is 0 Å². The molecule has 0 unspecified atom stereocenters. The van der Waals surface area contributed by atoms with Crippen molar-refractivity contribution in [3.8, 4) is 0 Å². The molecule has 5 nitrogen and oxygen atoms in total. The second kappa shape index (κ2) is 7.43. The molecule has 1 atom stereocenters. The average molecular weight is 397 g/mol. The van der Waals surface area contributed by atoms with E-state index in [-0.39, 0.29) is 22.7 Å². The van der Waals surface area contributed by atoms with Crippen molar-refractivity contribution in [2.45, 2.75) is 68.9 Å². The van der Waals surface area contributed by atoms with Crippen LogP contribution >= 0.6 is 0 Å². The summed E-state index contributed by atoms with van der Waals surface area (Å²) in [6.45, 7) is 5.15. The standard InChI is InChI=1S/C20H29FN2O3S/c1-15-2-3-17(21)12-16(15)14-23-9-7-20(8-10-23)13-18(6-11-26-20)22-27(24,25)19-4-5-19/h2-3,12,18-19,22H,4-11,13-14H2,1H3/t18-/m0/s1. The van der Waals surface area contributed by atoms with Crippen molar-refractivity contribution in [1.29, 1.82) is 0 Å². The molecule has 2 saturated heterocycles. The van der Waals surface area contributed by atoms with Crippen LogP contribution in [0.15, 0.2) is 18.2 Å². The lowest BCUT2D eigenvalue weighted by Gasteiger charge is -2.46. The van der Waals surface area contributed by atoms with Gasteiger partial charge in [0.1, 0.15) is 5.82 Å². The predicted octanol–water partition coefficient (Wildman–Crippen LogP) is 2.73. The number of piperidine rings is 1. The number of benzene rings is 1. The number of sulfonamides is 1. The number of aryl methyl sites for hydroxylation is 1. The fraction of sp³-hybridized carbons (Fsp3) is 0.700. The maximum Gasteiger partial charge on any atom is 0.214 e. The molecule has 3 fully saturated rings. The summed E-state index contributed by atoms with van der Waals surface area (Å²) in [4.78, 5) is 2.34. The highest BCUT2D eigenvalue weighted by Gasteiger charge is 2.43. The minimum atomic E-state index is -3.15. The van der Waals surface area contributed by atoms with E-state index in [4.69, 9.17) is 4.74 Å². The first-order valence-electron chi connectivity index (χ1n) is 9.98. The second-order valence-electron chi connectivity index (χ2n) is 8.43. The van der Waals surface area contributed by atoms with E-state index in [0.29, 0.717) is 6.61 Å². The van der Waals surface area contributed by atoms with Crippen molar-refractivity contribution in [1.82, 2.24) is 9.62 Å². The Morgan fingerprint density at radius 2 is 2.00 bits per heavy atom. The molecule has 27 heavy (non-hydrogen) atoms. The highest BCUT2D eigenvalue weighted by Crippen LogP contribution is 2.36. The van der Waals surface area contributed by atoms with Gasteiger partial charge in [-0.25, -0.2) is 17.5 Å². The monoisotopic (exact) mass is 396 g/mol. The maximum absolute atomic E-state index is 13.5. The molecule has 2 aliphatic heterocycles. The molecule has 1 aliphatic carbocycles. The van der Waals surface area contributed by atoms with E-state index >= 15 is 0 Å². The molecular weight excluding hydrogens is 367 g/mol. The molecule has 0 aromatic heterocycles. The lowest BCUT2D eigenvalue weighted by Crippen LogP contribution is -2.53. The molecule has 2 heterocycles. The first-order chi connectivity index (χ1) is 12.9. The first kappa shape index (κ1) is 19.3. The molecule has 1 aromatic carbocycles. The molecule has 4 rings (SSSR count). The van der Waals surface area contributed by atoms with Crippen LogP contribution in [-0.2, 0) is 21.3 Å². The van der Waals surface area contributed by atoms with Crippen LogP contribution < -0.4 is 4.72 Å². The summed E-state index contributed by atoms with van der Waals surface area (Å²) in [7, 11) is -3.15. The minimum Gasteiger partial charge on any atom is -0.375 e. The first-order valence-corrected chi connectivity index (χ1v) is 11.5. The number of rotatable bonds is 5. The maximum atomic E-state index is 13.5. The Balaban J connectivity index is 1.34. The van der Waals surface area contributed by atoms with E-state index in [1.54, 1.807) is 6.07 Å². The molecule has 1 aromatic rings. The van der Waals surface area contributed by atoms with E-state index in [1.807, 2.05) is 13.0 Å². The molecule has 1 spiro atoms. The van der Waals surface area contributed by atoms with Crippen molar-refractivity contribution in [2.75, 3.05) is 19.7 Å². The lowest BCUT2D eigenvalue weighted by atomic mass is 9.82. The third-order valence-corrected chi connectivity index (χ3v) is 8.27. The summed E-state index contributed by atoms with van der Waals surface area (Å²) in [5.74, 6) is -0.189. The van der Waals surface area contributed by atoms with Crippen molar-refractivity contribution < 1.29 is 17.5 Å². The zero-order valence-electron chi connectivity index (χ0n) is 15.9. The Bertz CT molecular complexity index is 786. The van der Waals surface area contributed by atoms with Crippen LogP contribution in [0.5, 0.6) is 0 Å². The fourth-order valence-corrected chi connectivity index (χ4v) is 5.97. The quantitative estimate of drug-likeness (QED) is 0.831. The van der Waals surface area contributed by atoms with Gasteiger partial charge in [0, 0.05) is 32.3 Å². The third kappa shape index (κ3) is 4.53. The summed E-state index contributed by atoms with van der Waals surface area (Å²) < 4.78 is 47.1. The molecule has 0 amide bonds. The van der Waals surface area contributed by atoms with Gasteiger partial charge in [0.15, 0.2) is 0 Å². The zero-order valence-corrected chi connectivity index (χ0v) is 16.7. The smallest absolute Gasteiger partial charge is 0.214 e.